The van der Waals surface area contributed by atoms with E-state index in [-0.39, 0.29) is 15.6 Å². The van der Waals surface area contributed by atoms with Crippen LogP contribution < -0.4 is 5.32 Å². The second kappa shape index (κ2) is 6.98. The van der Waals surface area contributed by atoms with Crippen molar-refractivity contribution in [2.75, 3.05) is 26.2 Å². The van der Waals surface area contributed by atoms with Crippen LogP contribution in [0.5, 0.6) is 0 Å². The molecule has 1 heterocycles. The van der Waals surface area contributed by atoms with Crippen molar-refractivity contribution in [2.45, 2.75) is 18.9 Å². The van der Waals surface area contributed by atoms with Crippen LogP contribution in [0.1, 0.15) is 18.0 Å². The number of rotatable bonds is 4. The lowest BCUT2D eigenvalue weighted by Crippen LogP contribution is -2.45. The lowest BCUT2D eigenvalue weighted by molar-refractivity contribution is 0.0726. The van der Waals surface area contributed by atoms with Gasteiger partial charge in [0, 0.05) is 44.2 Å². The molecule has 0 unspecified atom stereocenters. The maximum absolute atomic E-state index is 14.1. The van der Waals surface area contributed by atoms with Crippen LogP contribution in [-0.4, -0.2) is 37.5 Å². The van der Waals surface area contributed by atoms with Gasteiger partial charge in [0.2, 0.25) is 6.43 Å². The van der Waals surface area contributed by atoms with Gasteiger partial charge < -0.3 is 5.32 Å². The molecule has 112 valence electrons. The summed E-state index contributed by atoms with van der Waals surface area (Å²) in [4.78, 5) is 1.82. The van der Waals surface area contributed by atoms with E-state index >= 15 is 0 Å². The van der Waals surface area contributed by atoms with Crippen LogP contribution in [0.3, 0.4) is 0 Å². The summed E-state index contributed by atoms with van der Waals surface area (Å²) in [7, 11) is 0. The standard InChI is InChI=1S/C13H15Cl2F3N2/c14-8-1-2-9(16)12(13(8)15)10(7-11(17)18)20-5-3-19-4-6-20/h1-2,10-11,19H,3-7H2/t10-/m0/s1. The lowest BCUT2D eigenvalue weighted by atomic mass is 10.0. The van der Waals surface area contributed by atoms with Gasteiger partial charge in [-0.3, -0.25) is 4.90 Å². The van der Waals surface area contributed by atoms with Gasteiger partial charge in [-0.05, 0) is 12.1 Å². The van der Waals surface area contributed by atoms with Gasteiger partial charge in [0.1, 0.15) is 5.82 Å². The zero-order valence-corrected chi connectivity index (χ0v) is 12.2. The maximum Gasteiger partial charge on any atom is 0.240 e. The molecule has 7 heteroatoms. The molecule has 0 spiro atoms. The van der Waals surface area contributed by atoms with Crippen LogP contribution in [0.25, 0.3) is 0 Å². The fourth-order valence-corrected chi connectivity index (χ4v) is 2.90. The fraction of sp³-hybridized carbons (Fsp3) is 0.538. The molecule has 0 radical (unpaired) electrons. The van der Waals surface area contributed by atoms with Crippen LogP contribution in [0.15, 0.2) is 12.1 Å². The van der Waals surface area contributed by atoms with Gasteiger partial charge in [-0.1, -0.05) is 23.2 Å². The highest BCUT2D eigenvalue weighted by Gasteiger charge is 2.30. The van der Waals surface area contributed by atoms with E-state index in [4.69, 9.17) is 23.2 Å². The van der Waals surface area contributed by atoms with E-state index < -0.39 is 24.7 Å². The summed E-state index contributed by atoms with van der Waals surface area (Å²) in [6.07, 6.45) is -3.00. The van der Waals surface area contributed by atoms with Gasteiger partial charge in [-0.25, -0.2) is 13.2 Å². The molecule has 1 N–H and O–H groups in total. The second-order valence-electron chi connectivity index (χ2n) is 4.69. The SMILES string of the molecule is Fc1ccc(Cl)c(Cl)c1[C@H](CC(F)F)N1CCNCC1. The summed E-state index contributed by atoms with van der Waals surface area (Å²) < 4.78 is 39.8. The molecule has 0 aliphatic carbocycles. The molecule has 0 aromatic heterocycles. The van der Waals surface area contributed by atoms with E-state index in [1.807, 2.05) is 4.90 Å². The predicted octanol–water partition coefficient (Wildman–Crippen LogP) is 3.73. The molecule has 2 nitrogen and oxygen atoms in total. The Morgan fingerprint density at radius 1 is 1.20 bits per heavy atom. The molecule has 1 aromatic carbocycles. The molecule has 0 amide bonds. The highest BCUT2D eigenvalue weighted by atomic mass is 35.5. The lowest BCUT2D eigenvalue weighted by Gasteiger charge is -2.35. The summed E-state index contributed by atoms with van der Waals surface area (Å²) in [6.45, 7) is 2.50. The predicted molar refractivity (Wildman–Crippen MR) is 74.2 cm³/mol. The van der Waals surface area contributed by atoms with E-state index in [0.29, 0.717) is 26.2 Å². The van der Waals surface area contributed by atoms with E-state index in [0.717, 1.165) is 0 Å². The third-order valence-electron chi connectivity index (χ3n) is 3.41. The molecule has 1 aliphatic heterocycles. The van der Waals surface area contributed by atoms with Gasteiger partial charge in [-0.15, -0.1) is 0 Å². The Morgan fingerprint density at radius 2 is 1.85 bits per heavy atom. The molecule has 0 bridgehead atoms. The minimum absolute atomic E-state index is 0.0239. The number of halogens is 5. The quantitative estimate of drug-likeness (QED) is 0.848. The Morgan fingerprint density at radius 3 is 2.45 bits per heavy atom. The third kappa shape index (κ3) is 3.58. The number of hydrogen-bond acceptors (Lipinski definition) is 2. The number of nitrogens with zero attached hydrogens (tertiary/aromatic N) is 1. The number of alkyl halides is 2. The molecule has 1 aromatic rings. The summed E-state index contributed by atoms with van der Waals surface area (Å²) >= 11 is 11.9. The first-order valence-corrected chi connectivity index (χ1v) is 7.12. The molecule has 1 saturated heterocycles. The van der Waals surface area contributed by atoms with Crippen molar-refractivity contribution in [1.29, 1.82) is 0 Å². The Kier molecular flexibility index (Phi) is 5.55. The molecular formula is C13H15Cl2F3N2. The average molecular weight is 327 g/mol. The smallest absolute Gasteiger partial charge is 0.240 e. The molecule has 1 atom stereocenters. The van der Waals surface area contributed by atoms with Crippen LogP contribution in [0.4, 0.5) is 13.2 Å². The monoisotopic (exact) mass is 326 g/mol. The van der Waals surface area contributed by atoms with Gasteiger partial charge >= 0.3 is 0 Å². The van der Waals surface area contributed by atoms with E-state index in [1.165, 1.54) is 12.1 Å². The summed E-state index contributed by atoms with van der Waals surface area (Å²) in [5, 5.41) is 3.34. The van der Waals surface area contributed by atoms with Crippen molar-refractivity contribution in [3.63, 3.8) is 0 Å². The Bertz CT molecular complexity index is 465. The highest BCUT2D eigenvalue weighted by Crippen LogP contribution is 2.37. The van der Waals surface area contributed by atoms with E-state index in [2.05, 4.69) is 5.32 Å². The maximum atomic E-state index is 14.1. The molecule has 0 saturated carbocycles. The highest BCUT2D eigenvalue weighted by molar-refractivity contribution is 6.42. The largest absolute Gasteiger partial charge is 0.314 e. The van der Waals surface area contributed by atoms with Crippen LogP contribution >= 0.6 is 23.2 Å². The first-order chi connectivity index (χ1) is 9.50. The normalized spacial score (nSPS) is 18.5. The topological polar surface area (TPSA) is 15.3 Å². The summed E-state index contributed by atoms with van der Waals surface area (Å²) in [5.74, 6) is -0.594. The number of piperazine rings is 1. The van der Waals surface area contributed by atoms with E-state index in [1.54, 1.807) is 0 Å². The van der Waals surface area contributed by atoms with Gasteiger partial charge in [0.15, 0.2) is 0 Å². The van der Waals surface area contributed by atoms with Crippen molar-refractivity contribution >= 4 is 23.2 Å². The Balaban J connectivity index is 2.37. The molecular weight excluding hydrogens is 312 g/mol. The number of benzene rings is 1. The van der Waals surface area contributed by atoms with Gasteiger partial charge in [0.25, 0.3) is 0 Å². The van der Waals surface area contributed by atoms with Crippen molar-refractivity contribution in [2.24, 2.45) is 0 Å². The molecule has 1 aliphatic rings. The summed E-state index contributed by atoms with van der Waals surface area (Å²) in [5.41, 5.74) is 0.0707. The number of hydrogen-bond donors (Lipinski definition) is 1. The van der Waals surface area contributed by atoms with Crippen molar-refractivity contribution in [1.82, 2.24) is 10.2 Å². The van der Waals surface area contributed by atoms with Crippen LogP contribution in [-0.2, 0) is 0 Å². The third-order valence-corrected chi connectivity index (χ3v) is 4.23. The Labute approximate surface area is 125 Å². The van der Waals surface area contributed by atoms with Crippen molar-refractivity contribution < 1.29 is 13.2 Å². The van der Waals surface area contributed by atoms with Gasteiger partial charge in [-0.2, -0.15) is 0 Å². The average Bonchev–Trinajstić information content (AvgIpc) is 2.43. The van der Waals surface area contributed by atoms with E-state index in [9.17, 15) is 13.2 Å². The minimum atomic E-state index is -2.54. The van der Waals surface area contributed by atoms with Crippen LogP contribution in [0.2, 0.25) is 10.0 Å². The zero-order valence-electron chi connectivity index (χ0n) is 10.7. The Hall–Kier alpha value is -0.490. The fourth-order valence-electron chi connectivity index (χ4n) is 2.46. The number of nitrogens with one attached hydrogen (secondary N) is 1. The minimum Gasteiger partial charge on any atom is -0.314 e. The van der Waals surface area contributed by atoms with Gasteiger partial charge in [0.05, 0.1) is 10.0 Å². The second-order valence-corrected chi connectivity index (χ2v) is 5.47. The summed E-state index contributed by atoms with van der Waals surface area (Å²) in [6, 6.07) is 1.74. The zero-order chi connectivity index (χ0) is 14.7. The molecule has 20 heavy (non-hydrogen) atoms. The van der Waals surface area contributed by atoms with Crippen LogP contribution in [0, 0.1) is 5.82 Å². The molecule has 2 rings (SSSR count). The first-order valence-electron chi connectivity index (χ1n) is 6.37. The van der Waals surface area contributed by atoms with Crippen molar-refractivity contribution in [3.8, 4) is 0 Å². The van der Waals surface area contributed by atoms with Crippen molar-refractivity contribution in [3.05, 3.63) is 33.6 Å². The first kappa shape index (κ1) is 15.9. The molecule has 1 fully saturated rings.